The molecular formula is C14H19Cl2N. The van der Waals surface area contributed by atoms with Crippen LogP contribution in [-0.4, -0.2) is 18.0 Å². The number of nitrogens with zero attached hydrogens (tertiary/aromatic N) is 1. The summed E-state index contributed by atoms with van der Waals surface area (Å²) in [5.41, 5.74) is 2.30. The molecule has 0 bridgehead atoms. The number of halogens is 2. The highest BCUT2D eigenvalue weighted by molar-refractivity contribution is 6.36. The lowest BCUT2D eigenvalue weighted by molar-refractivity contribution is 0.331. The van der Waals surface area contributed by atoms with Crippen LogP contribution in [-0.2, 0) is 6.54 Å². The molecule has 0 atom stereocenters. The molecule has 0 aromatic heterocycles. The van der Waals surface area contributed by atoms with E-state index in [0.717, 1.165) is 22.2 Å². The summed E-state index contributed by atoms with van der Waals surface area (Å²) in [6.45, 7) is 7.60. The highest BCUT2D eigenvalue weighted by Gasteiger charge is 2.15. The van der Waals surface area contributed by atoms with Gasteiger partial charge in [0, 0.05) is 16.6 Å². The summed E-state index contributed by atoms with van der Waals surface area (Å²) in [6, 6.07) is 4.14. The van der Waals surface area contributed by atoms with Gasteiger partial charge in [-0.2, -0.15) is 0 Å². The molecule has 1 heterocycles. The molecule has 1 aromatic carbocycles. The summed E-state index contributed by atoms with van der Waals surface area (Å²) in [4.78, 5) is 2.46. The molecule has 0 unspecified atom stereocenters. The SMILES string of the molecule is CC(C)c1c(Cl)cc(CN2CCCC2)cc1Cl. The molecule has 94 valence electrons. The third-order valence-electron chi connectivity index (χ3n) is 3.32. The van der Waals surface area contributed by atoms with Crippen LogP contribution in [0.1, 0.15) is 43.7 Å². The van der Waals surface area contributed by atoms with Crippen LogP contribution in [0.4, 0.5) is 0 Å². The van der Waals surface area contributed by atoms with Crippen molar-refractivity contribution in [1.82, 2.24) is 4.90 Å². The summed E-state index contributed by atoms with van der Waals surface area (Å²) in [6.07, 6.45) is 2.62. The molecule has 0 radical (unpaired) electrons. The second kappa shape index (κ2) is 5.60. The fourth-order valence-electron chi connectivity index (χ4n) is 2.48. The average Bonchev–Trinajstić information content (AvgIpc) is 2.68. The minimum absolute atomic E-state index is 0.371. The van der Waals surface area contributed by atoms with E-state index in [9.17, 15) is 0 Å². The first-order valence-electron chi connectivity index (χ1n) is 6.28. The van der Waals surface area contributed by atoms with E-state index in [1.165, 1.54) is 31.5 Å². The average molecular weight is 272 g/mol. The van der Waals surface area contributed by atoms with Gasteiger partial charge in [0.2, 0.25) is 0 Å². The second-order valence-corrected chi connectivity index (χ2v) is 5.93. The smallest absolute Gasteiger partial charge is 0.0458 e. The van der Waals surface area contributed by atoms with Crippen LogP contribution >= 0.6 is 23.2 Å². The molecule has 1 fully saturated rings. The molecule has 0 aliphatic carbocycles. The van der Waals surface area contributed by atoms with Crippen molar-refractivity contribution >= 4 is 23.2 Å². The third kappa shape index (κ3) is 3.15. The molecule has 1 nitrogen and oxygen atoms in total. The number of benzene rings is 1. The Morgan fingerprint density at radius 3 is 2.12 bits per heavy atom. The standard InChI is InChI=1S/C14H19Cl2N/c1-10(2)14-12(15)7-11(8-13(14)16)9-17-5-3-4-6-17/h7-8,10H,3-6,9H2,1-2H3. The minimum atomic E-state index is 0.371. The lowest BCUT2D eigenvalue weighted by Gasteiger charge is -2.17. The molecule has 0 saturated carbocycles. The number of rotatable bonds is 3. The Hall–Kier alpha value is -0.240. The monoisotopic (exact) mass is 271 g/mol. The van der Waals surface area contributed by atoms with E-state index >= 15 is 0 Å². The van der Waals surface area contributed by atoms with Gasteiger partial charge in [-0.15, -0.1) is 0 Å². The molecule has 1 aromatic rings. The predicted molar refractivity (Wildman–Crippen MR) is 75.1 cm³/mol. The predicted octanol–water partition coefficient (Wildman–Crippen LogP) is 4.71. The lowest BCUT2D eigenvalue weighted by atomic mass is 10.0. The van der Waals surface area contributed by atoms with Crippen molar-refractivity contribution in [1.29, 1.82) is 0 Å². The minimum Gasteiger partial charge on any atom is -0.299 e. The van der Waals surface area contributed by atoms with Gasteiger partial charge in [0.1, 0.15) is 0 Å². The zero-order valence-electron chi connectivity index (χ0n) is 10.5. The van der Waals surface area contributed by atoms with Crippen molar-refractivity contribution < 1.29 is 0 Å². The maximum absolute atomic E-state index is 6.31. The maximum atomic E-state index is 6.31. The van der Waals surface area contributed by atoms with Gasteiger partial charge in [-0.05, 0) is 55.1 Å². The van der Waals surface area contributed by atoms with Crippen molar-refractivity contribution in [2.75, 3.05) is 13.1 Å². The van der Waals surface area contributed by atoms with E-state index in [-0.39, 0.29) is 0 Å². The maximum Gasteiger partial charge on any atom is 0.0458 e. The Balaban J connectivity index is 2.19. The van der Waals surface area contributed by atoms with Crippen LogP contribution in [0, 0.1) is 0 Å². The normalized spacial score (nSPS) is 17.0. The summed E-state index contributed by atoms with van der Waals surface area (Å²) in [5, 5.41) is 1.61. The van der Waals surface area contributed by atoms with Crippen LogP contribution in [0.25, 0.3) is 0 Å². The Morgan fingerprint density at radius 1 is 1.12 bits per heavy atom. The largest absolute Gasteiger partial charge is 0.299 e. The first-order valence-corrected chi connectivity index (χ1v) is 7.03. The molecule has 2 rings (SSSR count). The highest BCUT2D eigenvalue weighted by atomic mass is 35.5. The number of likely N-dealkylation sites (tertiary alicyclic amines) is 1. The van der Waals surface area contributed by atoms with Crippen molar-refractivity contribution in [2.45, 2.75) is 39.2 Å². The zero-order valence-corrected chi connectivity index (χ0v) is 12.0. The van der Waals surface area contributed by atoms with E-state index in [4.69, 9.17) is 23.2 Å². The molecule has 1 aliphatic rings. The third-order valence-corrected chi connectivity index (χ3v) is 3.95. The van der Waals surface area contributed by atoms with Crippen LogP contribution in [0.3, 0.4) is 0 Å². The summed E-state index contributed by atoms with van der Waals surface area (Å²) in [7, 11) is 0. The van der Waals surface area contributed by atoms with Crippen LogP contribution < -0.4 is 0 Å². The topological polar surface area (TPSA) is 3.24 Å². The van der Waals surface area contributed by atoms with Crippen molar-refractivity contribution in [3.63, 3.8) is 0 Å². The second-order valence-electron chi connectivity index (χ2n) is 5.11. The van der Waals surface area contributed by atoms with Gasteiger partial charge in [-0.3, -0.25) is 4.90 Å². The van der Waals surface area contributed by atoms with Gasteiger partial charge in [0.25, 0.3) is 0 Å². The molecule has 0 amide bonds. The highest BCUT2D eigenvalue weighted by Crippen LogP contribution is 2.33. The van der Waals surface area contributed by atoms with E-state index in [1.54, 1.807) is 0 Å². The van der Waals surface area contributed by atoms with Crippen LogP contribution in [0.2, 0.25) is 10.0 Å². The van der Waals surface area contributed by atoms with Gasteiger partial charge in [-0.25, -0.2) is 0 Å². The molecule has 17 heavy (non-hydrogen) atoms. The van der Waals surface area contributed by atoms with E-state index < -0.39 is 0 Å². The molecule has 0 N–H and O–H groups in total. The van der Waals surface area contributed by atoms with Gasteiger partial charge in [0.05, 0.1) is 0 Å². The van der Waals surface area contributed by atoms with Gasteiger partial charge in [-0.1, -0.05) is 37.0 Å². The van der Waals surface area contributed by atoms with Crippen molar-refractivity contribution in [2.24, 2.45) is 0 Å². The van der Waals surface area contributed by atoms with Crippen LogP contribution in [0.5, 0.6) is 0 Å². The number of hydrogen-bond acceptors (Lipinski definition) is 1. The molecule has 3 heteroatoms. The molecule has 0 spiro atoms. The van der Waals surface area contributed by atoms with Crippen molar-refractivity contribution in [3.05, 3.63) is 33.3 Å². The quantitative estimate of drug-likeness (QED) is 0.770. The summed E-state index contributed by atoms with van der Waals surface area (Å²) < 4.78 is 0. The molecule has 1 saturated heterocycles. The van der Waals surface area contributed by atoms with Gasteiger partial charge < -0.3 is 0 Å². The fourth-order valence-corrected chi connectivity index (χ4v) is 3.45. The Morgan fingerprint density at radius 2 is 1.65 bits per heavy atom. The first kappa shape index (κ1) is 13.2. The van der Waals surface area contributed by atoms with Gasteiger partial charge in [0.15, 0.2) is 0 Å². The van der Waals surface area contributed by atoms with Gasteiger partial charge >= 0.3 is 0 Å². The molecular weight excluding hydrogens is 253 g/mol. The van der Waals surface area contributed by atoms with Crippen LogP contribution in [0.15, 0.2) is 12.1 Å². The Bertz CT molecular complexity index is 372. The lowest BCUT2D eigenvalue weighted by Crippen LogP contribution is -2.18. The van der Waals surface area contributed by atoms with E-state index in [2.05, 4.69) is 30.9 Å². The molecule has 1 aliphatic heterocycles. The van der Waals surface area contributed by atoms with E-state index in [0.29, 0.717) is 5.92 Å². The number of hydrogen-bond donors (Lipinski definition) is 0. The zero-order chi connectivity index (χ0) is 12.4. The summed E-state index contributed by atoms with van der Waals surface area (Å²) in [5.74, 6) is 0.371. The first-order chi connectivity index (χ1) is 8.08. The summed E-state index contributed by atoms with van der Waals surface area (Å²) >= 11 is 12.6. The van der Waals surface area contributed by atoms with E-state index in [1.807, 2.05) is 0 Å². The Labute approximate surface area is 114 Å². The fraction of sp³-hybridized carbons (Fsp3) is 0.571. The van der Waals surface area contributed by atoms with Crippen molar-refractivity contribution in [3.8, 4) is 0 Å². The Kier molecular flexibility index (Phi) is 4.35.